The minimum Gasteiger partial charge on any atom is -0.324 e. The Balaban J connectivity index is 1.77. The van der Waals surface area contributed by atoms with Crippen LogP contribution < -0.4 is 9.03 Å². The summed E-state index contributed by atoms with van der Waals surface area (Å²) in [7, 11) is -9.34. The molecule has 0 aromatic heterocycles. The first-order valence-corrected chi connectivity index (χ1v) is 14.2. The molecule has 0 aliphatic carbocycles. The van der Waals surface area contributed by atoms with Crippen LogP contribution >= 0.6 is 0 Å². The molecule has 0 atom stereocenters. The molecule has 37 heavy (non-hydrogen) atoms. The monoisotopic (exact) mass is 530 g/mol. The van der Waals surface area contributed by atoms with Gasteiger partial charge in [0.15, 0.2) is 0 Å². The van der Waals surface area contributed by atoms with E-state index in [0.717, 1.165) is 10.8 Å². The fraction of sp³-hybridized carbons (Fsp3) is 0.0357. The van der Waals surface area contributed by atoms with E-state index >= 15 is 0 Å². The number of carbonyl (C=O) groups is 1. The van der Waals surface area contributed by atoms with E-state index in [0.29, 0.717) is 14.5 Å². The number of benzene rings is 5. The Morgan fingerprint density at radius 2 is 1.03 bits per heavy atom. The highest BCUT2D eigenvalue weighted by atomic mass is 32.3. The van der Waals surface area contributed by atoms with Crippen molar-refractivity contribution in [3.8, 4) is 0 Å². The molecule has 0 aliphatic heterocycles. The summed E-state index contributed by atoms with van der Waals surface area (Å²) < 4.78 is 56.9. The average Bonchev–Trinajstić information content (AvgIpc) is 2.88. The number of nitrogens with one attached hydrogen (secondary N) is 1. The maximum Gasteiger partial charge on any atom is 0.277 e. The quantitative estimate of drug-likeness (QED) is 0.311. The maximum absolute atomic E-state index is 14.1. The lowest BCUT2D eigenvalue weighted by Gasteiger charge is -2.26. The summed E-state index contributed by atoms with van der Waals surface area (Å²) in [5.41, 5.74) is -0.150. The Kier molecular flexibility index (Phi) is 6.18. The largest absolute Gasteiger partial charge is 0.324 e. The van der Waals surface area contributed by atoms with Crippen molar-refractivity contribution in [1.82, 2.24) is 0 Å². The Hall–Kier alpha value is -4.21. The molecule has 5 aromatic carbocycles. The van der Waals surface area contributed by atoms with E-state index in [-0.39, 0.29) is 21.2 Å². The highest BCUT2D eigenvalue weighted by molar-refractivity contribution is 8.10. The summed E-state index contributed by atoms with van der Waals surface area (Å²) in [5, 5.41) is 5.45. The standard InChI is InChI=1S/C28H22N2O5S2/c1-20(31)29-27-12-6-7-13-28(27)30(36(32,33)25-16-14-21-8-2-4-10-23(21)18-25)37(34,35)26-17-15-22-9-3-5-11-24(22)19-26/h2-19H,1H3,(H,29,31). The van der Waals surface area contributed by atoms with Gasteiger partial charge in [-0.25, -0.2) is 16.8 Å². The van der Waals surface area contributed by atoms with Crippen molar-refractivity contribution in [2.75, 3.05) is 9.03 Å². The second-order valence-corrected chi connectivity index (χ2v) is 12.2. The Labute approximate surface area is 215 Å². The second kappa shape index (κ2) is 9.34. The van der Waals surface area contributed by atoms with Crippen LogP contribution in [0.4, 0.5) is 11.4 Å². The zero-order valence-electron chi connectivity index (χ0n) is 19.7. The molecule has 0 unspecified atom stereocenters. The number of hydrogen-bond acceptors (Lipinski definition) is 5. The van der Waals surface area contributed by atoms with Crippen LogP contribution in [0, 0.1) is 0 Å². The maximum atomic E-state index is 14.1. The Morgan fingerprint density at radius 3 is 1.51 bits per heavy atom. The van der Waals surface area contributed by atoms with Crippen molar-refractivity contribution in [3.05, 3.63) is 109 Å². The van der Waals surface area contributed by atoms with Crippen molar-refractivity contribution in [2.24, 2.45) is 0 Å². The van der Waals surface area contributed by atoms with Crippen LogP contribution in [0.5, 0.6) is 0 Å². The topological polar surface area (TPSA) is 101 Å². The first kappa shape index (κ1) is 24.5. The number of fused-ring (bicyclic) bond motifs is 2. The Morgan fingerprint density at radius 1 is 0.595 bits per heavy atom. The number of sulfonamides is 2. The van der Waals surface area contributed by atoms with Gasteiger partial charge in [0.2, 0.25) is 5.91 Å². The van der Waals surface area contributed by atoms with Crippen LogP contribution in [0.1, 0.15) is 6.92 Å². The van der Waals surface area contributed by atoms with Gasteiger partial charge in [0, 0.05) is 6.92 Å². The van der Waals surface area contributed by atoms with E-state index in [2.05, 4.69) is 5.32 Å². The Bertz CT molecular complexity index is 1770. The van der Waals surface area contributed by atoms with Crippen molar-refractivity contribution in [1.29, 1.82) is 0 Å². The molecule has 0 heterocycles. The highest BCUT2D eigenvalue weighted by Crippen LogP contribution is 2.37. The second-order valence-electron chi connectivity index (χ2n) is 8.42. The lowest BCUT2D eigenvalue weighted by molar-refractivity contribution is -0.114. The molecule has 1 amide bonds. The van der Waals surface area contributed by atoms with Gasteiger partial charge in [-0.1, -0.05) is 72.8 Å². The summed E-state index contributed by atoms with van der Waals surface area (Å²) >= 11 is 0. The molecule has 1 N–H and O–H groups in total. The molecule has 186 valence electrons. The molecule has 0 spiro atoms. The van der Waals surface area contributed by atoms with E-state index in [1.165, 1.54) is 49.4 Å². The SMILES string of the molecule is CC(=O)Nc1ccccc1N(S(=O)(=O)c1ccc2ccccc2c1)S(=O)(=O)c1ccc2ccccc2c1. The number of hydrogen-bond donors (Lipinski definition) is 1. The van der Waals surface area contributed by atoms with Crippen LogP contribution in [0.15, 0.2) is 119 Å². The molecule has 0 bridgehead atoms. The van der Waals surface area contributed by atoms with Crippen LogP contribution in [0.25, 0.3) is 21.5 Å². The molecule has 0 fully saturated rings. The number of para-hydroxylation sites is 2. The summed E-state index contributed by atoms with van der Waals surface area (Å²) in [6.07, 6.45) is 0. The molecular weight excluding hydrogens is 508 g/mol. The average molecular weight is 531 g/mol. The van der Waals surface area contributed by atoms with E-state index in [4.69, 9.17) is 0 Å². The summed E-state index contributed by atoms with van der Waals surface area (Å²) in [4.78, 5) is 11.5. The first-order valence-electron chi connectivity index (χ1n) is 11.3. The lowest BCUT2D eigenvalue weighted by Crippen LogP contribution is -2.37. The van der Waals surface area contributed by atoms with Gasteiger partial charge in [-0.15, -0.1) is 0 Å². The predicted molar refractivity (Wildman–Crippen MR) is 145 cm³/mol. The molecule has 0 saturated carbocycles. The minimum atomic E-state index is -4.67. The van der Waals surface area contributed by atoms with E-state index in [1.807, 2.05) is 24.3 Å². The normalized spacial score (nSPS) is 11.9. The van der Waals surface area contributed by atoms with E-state index in [9.17, 15) is 21.6 Å². The molecular formula is C28H22N2O5S2. The van der Waals surface area contributed by atoms with Gasteiger partial charge < -0.3 is 5.32 Å². The third-order valence-electron chi connectivity index (χ3n) is 5.89. The third-order valence-corrected chi connectivity index (χ3v) is 10.0. The van der Waals surface area contributed by atoms with Gasteiger partial charge in [-0.3, -0.25) is 4.79 Å². The fourth-order valence-electron chi connectivity index (χ4n) is 4.16. The summed E-state index contributed by atoms with van der Waals surface area (Å²) in [6.45, 7) is 1.26. The lowest BCUT2D eigenvalue weighted by atomic mass is 10.1. The van der Waals surface area contributed by atoms with Crippen LogP contribution in [0.2, 0.25) is 0 Å². The van der Waals surface area contributed by atoms with Crippen molar-refractivity contribution in [3.63, 3.8) is 0 Å². The zero-order valence-corrected chi connectivity index (χ0v) is 21.3. The van der Waals surface area contributed by atoms with Crippen LogP contribution in [-0.2, 0) is 24.8 Å². The number of nitrogens with zero attached hydrogens (tertiary/aromatic N) is 1. The van der Waals surface area contributed by atoms with E-state index in [1.54, 1.807) is 42.5 Å². The molecule has 7 nitrogen and oxygen atoms in total. The minimum absolute atomic E-state index is 0.0451. The third kappa shape index (κ3) is 4.54. The number of anilines is 2. The highest BCUT2D eigenvalue weighted by Gasteiger charge is 2.38. The van der Waals surface area contributed by atoms with Crippen molar-refractivity contribution >= 4 is 58.9 Å². The zero-order chi connectivity index (χ0) is 26.2. The van der Waals surface area contributed by atoms with Gasteiger partial charge in [0.05, 0.1) is 21.2 Å². The number of carbonyl (C=O) groups excluding carboxylic acids is 1. The molecule has 0 saturated heterocycles. The van der Waals surface area contributed by atoms with Crippen LogP contribution in [-0.4, -0.2) is 22.7 Å². The van der Waals surface area contributed by atoms with Gasteiger partial charge in [0.25, 0.3) is 20.0 Å². The van der Waals surface area contributed by atoms with Gasteiger partial charge in [-0.2, -0.15) is 3.71 Å². The molecule has 0 aliphatic rings. The van der Waals surface area contributed by atoms with Gasteiger partial charge >= 0.3 is 0 Å². The molecule has 5 aromatic rings. The van der Waals surface area contributed by atoms with E-state index < -0.39 is 26.0 Å². The fourth-order valence-corrected chi connectivity index (χ4v) is 7.96. The number of rotatable bonds is 6. The van der Waals surface area contributed by atoms with Gasteiger partial charge in [0.1, 0.15) is 0 Å². The predicted octanol–water partition coefficient (Wildman–Crippen LogP) is 5.54. The molecule has 9 heteroatoms. The van der Waals surface area contributed by atoms with Crippen LogP contribution in [0.3, 0.4) is 0 Å². The van der Waals surface area contributed by atoms with Gasteiger partial charge in [-0.05, 0) is 57.9 Å². The first-order chi connectivity index (χ1) is 17.7. The smallest absolute Gasteiger partial charge is 0.277 e. The summed E-state index contributed by atoms with van der Waals surface area (Å²) in [5.74, 6) is -0.474. The summed E-state index contributed by atoms with van der Waals surface area (Å²) in [6, 6.07) is 29.2. The molecule has 5 rings (SSSR count). The van der Waals surface area contributed by atoms with Crippen molar-refractivity contribution < 1.29 is 21.6 Å². The number of amides is 1. The van der Waals surface area contributed by atoms with Crippen molar-refractivity contribution in [2.45, 2.75) is 16.7 Å². The molecule has 0 radical (unpaired) electrons.